The van der Waals surface area contributed by atoms with Crippen LogP contribution < -0.4 is 5.32 Å². The van der Waals surface area contributed by atoms with Crippen LogP contribution in [-0.4, -0.2) is 130 Å². The molecule has 63 heavy (non-hydrogen) atoms. The number of aliphatic hydroxyl groups is 1. The molecular weight excluding hydrogens is 811 g/mol. The molecule has 0 aromatic heterocycles. The molecule has 3 aliphatic rings. The molecule has 13 atom stereocenters. The summed E-state index contributed by atoms with van der Waals surface area (Å²) in [4.78, 5) is 50.1. The van der Waals surface area contributed by atoms with Crippen molar-refractivity contribution in [3.63, 3.8) is 0 Å². The van der Waals surface area contributed by atoms with Gasteiger partial charge >= 0.3 is 11.9 Å². The number of aliphatic carboxylic acids is 1. The highest BCUT2D eigenvalue weighted by Gasteiger charge is 2.52. The molecule has 0 aromatic rings. The van der Waals surface area contributed by atoms with Gasteiger partial charge in [-0.3, -0.25) is 19.2 Å². The highest BCUT2D eigenvalue weighted by molar-refractivity contribution is 5.83. The van der Waals surface area contributed by atoms with E-state index in [2.05, 4.69) is 31.5 Å². The summed E-state index contributed by atoms with van der Waals surface area (Å²) in [5, 5.41) is 23.7. The minimum atomic E-state index is -1.29. The number of allylic oxidation sites excluding steroid dienone is 4. The van der Waals surface area contributed by atoms with Crippen LogP contribution >= 0.6 is 0 Å². The van der Waals surface area contributed by atoms with Gasteiger partial charge in [0.05, 0.1) is 30.5 Å². The standard InChI is InChI=1S/C49H79NO13/c1-11-15-37(23-31(2)22-32(3)24-44(58-8)47-45(59-9)26-34(5)49(60-10,63-47)35(6)30-51)40(53)28-38(52)29-42(62-48(56)39-16-12-13-20-50-39)33(4)25-36-18-19-41(43(27-36)57-7)61-21-14-17-46(54)55/h11,23,25,30,32,34,36-39,41-45,47,50,52H,1,6,12-22,24,26-29H2,2-5,7-10H3,(H,54,55)/b31-23+,33-25+. The third kappa shape index (κ3) is 16.4. The van der Waals surface area contributed by atoms with E-state index >= 15 is 0 Å². The maximum atomic E-state index is 13.9. The average molecular weight is 890 g/mol. The molecule has 2 aliphatic heterocycles. The Morgan fingerprint density at radius 1 is 0.984 bits per heavy atom. The smallest absolute Gasteiger partial charge is 0.323 e. The predicted octanol–water partition coefficient (Wildman–Crippen LogP) is 6.87. The van der Waals surface area contributed by atoms with Crippen molar-refractivity contribution in [3.05, 3.63) is 48.1 Å². The van der Waals surface area contributed by atoms with Crippen molar-refractivity contribution in [3.8, 4) is 0 Å². The minimum absolute atomic E-state index is 0.0520. The summed E-state index contributed by atoms with van der Waals surface area (Å²) in [6.07, 6.45) is 10.6. The summed E-state index contributed by atoms with van der Waals surface area (Å²) >= 11 is 0. The Balaban J connectivity index is 1.70. The number of esters is 1. The van der Waals surface area contributed by atoms with Gasteiger partial charge in [0.1, 0.15) is 24.0 Å². The van der Waals surface area contributed by atoms with Gasteiger partial charge in [-0.15, -0.1) is 6.58 Å². The molecule has 0 amide bonds. The van der Waals surface area contributed by atoms with E-state index in [1.54, 1.807) is 27.4 Å². The average Bonchev–Trinajstić information content (AvgIpc) is 3.26. The molecule has 14 nitrogen and oxygen atoms in total. The Morgan fingerprint density at radius 3 is 2.32 bits per heavy atom. The lowest BCUT2D eigenvalue weighted by molar-refractivity contribution is -0.310. The number of hydrogen-bond donors (Lipinski definition) is 3. The minimum Gasteiger partial charge on any atom is -0.481 e. The predicted molar refractivity (Wildman–Crippen MR) is 240 cm³/mol. The SMILES string of the molecule is C=CCC(/C=C(\C)CC(C)CC(OC)C1OC(OC)(C(=C)C=O)C(C)CC1OC)C(=O)CC(O)CC(OC(=O)C1CCCCN1)/C(C)=C/C1CCC(OCCCC(=O)O)C(OC)C1. The summed E-state index contributed by atoms with van der Waals surface area (Å²) in [6, 6.07) is -0.423. The molecule has 0 aromatic carbocycles. The Labute approximate surface area is 376 Å². The number of hydrogen-bond acceptors (Lipinski definition) is 13. The van der Waals surface area contributed by atoms with Crippen LogP contribution in [0, 0.1) is 23.7 Å². The maximum absolute atomic E-state index is 13.9. The third-order valence-corrected chi connectivity index (χ3v) is 13.1. The molecule has 3 fully saturated rings. The first-order chi connectivity index (χ1) is 30.0. The summed E-state index contributed by atoms with van der Waals surface area (Å²) in [5.74, 6) is -3.11. The number of ketones is 1. The fourth-order valence-electron chi connectivity index (χ4n) is 9.69. The maximum Gasteiger partial charge on any atom is 0.323 e. The molecule has 0 bridgehead atoms. The Morgan fingerprint density at radius 2 is 1.71 bits per heavy atom. The third-order valence-electron chi connectivity index (χ3n) is 13.1. The Kier molecular flexibility index (Phi) is 23.6. The highest BCUT2D eigenvalue weighted by atomic mass is 16.7. The Hall–Kier alpha value is -3.08. The lowest BCUT2D eigenvalue weighted by Gasteiger charge is -2.49. The number of piperidine rings is 1. The zero-order chi connectivity index (χ0) is 46.7. The number of Topliss-reactive ketones (excluding diaryl/α,β-unsaturated/α-hetero) is 1. The molecule has 14 heteroatoms. The van der Waals surface area contributed by atoms with Gasteiger partial charge in [0, 0.05) is 71.7 Å². The van der Waals surface area contributed by atoms with Gasteiger partial charge in [-0.25, -0.2) is 0 Å². The summed E-state index contributed by atoms with van der Waals surface area (Å²) in [5.41, 5.74) is 2.02. The molecule has 3 N–H and O–H groups in total. The second kappa shape index (κ2) is 27.4. The van der Waals surface area contributed by atoms with Crippen LogP contribution in [-0.2, 0) is 52.3 Å². The first-order valence-electron chi connectivity index (χ1n) is 23.0. The number of carboxylic acid groups (broad SMARTS) is 1. The van der Waals surface area contributed by atoms with Crippen LogP contribution in [0.1, 0.15) is 118 Å². The first kappa shape index (κ1) is 54.3. The van der Waals surface area contributed by atoms with Gasteiger partial charge in [0.25, 0.3) is 0 Å². The number of rotatable bonds is 28. The quantitative estimate of drug-likeness (QED) is 0.0243. The van der Waals surface area contributed by atoms with Crippen molar-refractivity contribution in [2.24, 2.45) is 23.7 Å². The number of carbonyl (C=O) groups excluding carboxylic acids is 3. The van der Waals surface area contributed by atoms with Crippen LogP contribution in [0.3, 0.4) is 0 Å². The molecule has 358 valence electrons. The second-order valence-electron chi connectivity index (χ2n) is 18.1. The van der Waals surface area contributed by atoms with Crippen LogP contribution in [0.15, 0.2) is 48.1 Å². The molecule has 0 spiro atoms. The van der Waals surface area contributed by atoms with Gasteiger partial charge in [-0.1, -0.05) is 50.6 Å². The normalized spacial score (nSPS) is 29.4. The van der Waals surface area contributed by atoms with E-state index in [0.29, 0.717) is 57.8 Å². The van der Waals surface area contributed by atoms with E-state index in [4.69, 9.17) is 38.3 Å². The Bertz CT molecular complexity index is 1540. The molecular formula is C49H79NO13. The summed E-state index contributed by atoms with van der Waals surface area (Å²) in [7, 11) is 6.42. The first-order valence-corrected chi connectivity index (χ1v) is 23.0. The number of carboxylic acids is 1. The topological polar surface area (TPSA) is 185 Å². The van der Waals surface area contributed by atoms with Crippen LogP contribution in [0.4, 0.5) is 0 Å². The zero-order valence-corrected chi connectivity index (χ0v) is 39.4. The van der Waals surface area contributed by atoms with Gasteiger partial charge < -0.3 is 48.7 Å². The lowest BCUT2D eigenvalue weighted by atomic mass is 9.81. The lowest BCUT2D eigenvalue weighted by Crippen LogP contribution is -2.59. The zero-order valence-electron chi connectivity index (χ0n) is 39.4. The van der Waals surface area contributed by atoms with Gasteiger partial charge in [-0.2, -0.15) is 0 Å². The van der Waals surface area contributed by atoms with Crippen molar-refractivity contribution in [1.29, 1.82) is 0 Å². The molecule has 1 saturated carbocycles. The van der Waals surface area contributed by atoms with E-state index in [0.717, 1.165) is 43.4 Å². The monoisotopic (exact) mass is 890 g/mol. The van der Waals surface area contributed by atoms with E-state index in [9.17, 15) is 24.3 Å². The van der Waals surface area contributed by atoms with Gasteiger partial charge in [0.15, 0.2) is 12.1 Å². The number of methoxy groups -OCH3 is 4. The van der Waals surface area contributed by atoms with Crippen molar-refractivity contribution >= 4 is 24.0 Å². The number of nitrogens with one attached hydrogen (secondary N) is 1. The van der Waals surface area contributed by atoms with E-state index < -0.39 is 42.0 Å². The molecule has 2 heterocycles. The largest absolute Gasteiger partial charge is 0.481 e. The fourth-order valence-corrected chi connectivity index (χ4v) is 9.69. The van der Waals surface area contributed by atoms with Crippen molar-refractivity contribution in [2.45, 2.75) is 172 Å². The van der Waals surface area contributed by atoms with Gasteiger partial charge in [-0.05, 0) is 102 Å². The van der Waals surface area contributed by atoms with E-state index in [-0.39, 0.29) is 78.8 Å². The van der Waals surface area contributed by atoms with Crippen molar-refractivity contribution in [1.82, 2.24) is 5.32 Å². The molecule has 2 saturated heterocycles. The van der Waals surface area contributed by atoms with E-state index in [1.165, 1.54) is 7.11 Å². The fraction of sp³-hybridized carbons (Fsp3) is 0.755. The van der Waals surface area contributed by atoms with E-state index in [1.807, 2.05) is 26.8 Å². The number of aldehydes is 1. The summed E-state index contributed by atoms with van der Waals surface area (Å²) < 4.78 is 42.1. The van der Waals surface area contributed by atoms with Gasteiger partial charge in [0.2, 0.25) is 0 Å². The van der Waals surface area contributed by atoms with Crippen molar-refractivity contribution < 1.29 is 62.5 Å². The number of aliphatic hydroxyl groups excluding tert-OH is 1. The summed E-state index contributed by atoms with van der Waals surface area (Å²) in [6.45, 7) is 16.9. The second-order valence-corrected chi connectivity index (χ2v) is 18.1. The van der Waals surface area contributed by atoms with Crippen LogP contribution in [0.5, 0.6) is 0 Å². The number of ether oxygens (including phenoxy) is 7. The van der Waals surface area contributed by atoms with Crippen molar-refractivity contribution in [2.75, 3.05) is 41.6 Å². The molecule has 0 radical (unpaired) electrons. The van der Waals surface area contributed by atoms with Crippen LogP contribution in [0.2, 0.25) is 0 Å². The van der Waals surface area contributed by atoms with Crippen LogP contribution in [0.25, 0.3) is 0 Å². The molecule has 3 rings (SSSR count). The highest BCUT2D eigenvalue weighted by Crippen LogP contribution is 2.42. The molecule has 13 unspecified atom stereocenters. The number of carbonyl (C=O) groups is 4. The molecule has 1 aliphatic carbocycles.